The van der Waals surface area contributed by atoms with E-state index in [0.717, 1.165) is 44.3 Å². The normalized spacial score (nSPS) is 14.2. The quantitative estimate of drug-likeness (QED) is 0.670. The number of hydrogen-bond donors (Lipinski definition) is 0. The summed E-state index contributed by atoms with van der Waals surface area (Å²) in [5, 5.41) is 0.602. The SMILES string of the molecule is O=C(OCC(=O)N1CCCCCC1)c1ccccc1OCc1ccccc1Cl. The average molecular weight is 402 g/mol. The van der Waals surface area contributed by atoms with Crippen LogP contribution in [0.4, 0.5) is 0 Å². The van der Waals surface area contributed by atoms with Crippen molar-refractivity contribution in [2.45, 2.75) is 32.3 Å². The topological polar surface area (TPSA) is 55.8 Å². The number of esters is 1. The second-order valence-electron chi connectivity index (χ2n) is 6.75. The molecule has 1 aliphatic heterocycles. The molecule has 0 bridgehead atoms. The number of para-hydroxylation sites is 1. The zero-order valence-electron chi connectivity index (χ0n) is 15.7. The minimum Gasteiger partial charge on any atom is -0.488 e. The summed E-state index contributed by atoms with van der Waals surface area (Å²) in [5.74, 6) is -0.322. The number of benzene rings is 2. The molecule has 1 heterocycles. The van der Waals surface area contributed by atoms with Gasteiger partial charge in [-0.05, 0) is 31.0 Å². The second-order valence-corrected chi connectivity index (χ2v) is 7.15. The number of carbonyl (C=O) groups is 2. The smallest absolute Gasteiger partial charge is 0.342 e. The average Bonchev–Trinajstić information content (AvgIpc) is 3.01. The van der Waals surface area contributed by atoms with Crippen molar-refractivity contribution in [3.63, 3.8) is 0 Å². The van der Waals surface area contributed by atoms with Gasteiger partial charge < -0.3 is 14.4 Å². The standard InChI is InChI=1S/C22H24ClNO4/c23-19-11-5-3-9-17(19)15-27-20-12-6-4-10-18(20)22(26)28-16-21(25)24-13-7-1-2-8-14-24/h3-6,9-12H,1-2,7-8,13-16H2. The number of carbonyl (C=O) groups excluding carboxylic acids is 2. The summed E-state index contributed by atoms with van der Waals surface area (Å²) >= 11 is 6.15. The van der Waals surface area contributed by atoms with Gasteiger partial charge in [0.05, 0.1) is 0 Å². The number of rotatable bonds is 6. The summed E-state index contributed by atoms with van der Waals surface area (Å²) in [6, 6.07) is 14.2. The van der Waals surface area contributed by atoms with Gasteiger partial charge in [0.1, 0.15) is 17.9 Å². The number of nitrogens with zero attached hydrogens (tertiary/aromatic N) is 1. The molecule has 0 unspecified atom stereocenters. The predicted octanol–water partition coefficient (Wildman–Crippen LogP) is 4.48. The molecule has 1 amide bonds. The van der Waals surface area contributed by atoms with Crippen LogP contribution in [-0.2, 0) is 16.1 Å². The van der Waals surface area contributed by atoms with E-state index >= 15 is 0 Å². The van der Waals surface area contributed by atoms with E-state index in [1.807, 2.05) is 18.2 Å². The molecule has 0 spiro atoms. The lowest BCUT2D eigenvalue weighted by atomic mass is 10.2. The van der Waals surface area contributed by atoms with E-state index in [0.29, 0.717) is 16.3 Å². The molecule has 3 rings (SSSR count). The van der Waals surface area contributed by atoms with Gasteiger partial charge in [-0.1, -0.05) is 54.8 Å². The molecule has 28 heavy (non-hydrogen) atoms. The van der Waals surface area contributed by atoms with Crippen LogP contribution in [-0.4, -0.2) is 36.5 Å². The van der Waals surface area contributed by atoms with Gasteiger partial charge in [0.25, 0.3) is 5.91 Å². The molecule has 1 aliphatic rings. The molecular weight excluding hydrogens is 378 g/mol. The van der Waals surface area contributed by atoms with Gasteiger partial charge in [0.15, 0.2) is 6.61 Å². The maximum absolute atomic E-state index is 12.5. The Hall–Kier alpha value is -2.53. The van der Waals surface area contributed by atoms with Crippen molar-refractivity contribution in [1.82, 2.24) is 4.90 Å². The molecular formula is C22H24ClNO4. The third-order valence-electron chi connectivity index (χ3n) is 4.73. The predicted molar refractivity (Wildman–Crippen MR) is 108 cm³/mol. The van der Waals surface area contributed by atoms with E-state index in [4.69, 9.17) is 21.1 Å². The van der Waals surface area contributed by atoms with Crippen LogP contribution < -0.4 is 4.74 Å². The summed E-state index contributed by atoms with van der Waals surface area (Å²) in [7, 11) is 0. The van der Waals surface area contributed by atoms with Gasteiger partial charge in [-0.15, -0.1) is 0 Å². The molecule has 1 fully saturated rings. The van der Waals surface area contributed by atoms with E-state index in [2.05, 4.69) is 0 Å². The Morgan fingerprint density at radius 2 is 1.61 bits per heavy atom. The van der Waals surface area contributed by atoms with Crippen LogP contribution in [0, 0.1) is 0 Å². The highest BCUT2D eigenvalue weighted by Crippen LogP contribution is 2.22. The lowest BCUT2D eigenvalue weighted by Crippen LogP contribution is -2.35. The molecule has 0 atom stereocenters. The summed E-state index contributed by atoms with van der Waals surface area (Å²) in [6.07, 6.45) is 4.27. The fourth-order valence-electron chi connectivity index (χ4n) is 3.15. The lowest BCUT2D eigenvalue weighted by Gasteiger charge is -2.20. The minimum atomic E-state index is -0.571. The third-order valence-corrected chi connectivity index (χ3v) is 5.10. The molecule has 0 aromatic heterocycles. The summed E-state index contributed by atoms with van der Waals surface area (Å²) in [6.45, 7) is 1.44. The third kappa shape index (κ3) is 5.49. The summed E-state index contributed by atoms with van der Waals surface area (Å²) in [5.41, 5.74) is 1.11. The van der Waals surface area contributed by atoms with Crippen molar-refractivity contribution < 1.29 is 19.1 Å². The fourth-order valence-corrected chi connectivity index (χ4v) is 3.34. The van der Waals surface area contributed by atoms with Crippen LogP contribution >= 0.6 is 11.6 Å². The van der Waals surface area contributed by atoms with E-state index in [-0.39, 0.29) is 19.1 Å². The van der Waals surface area contributed by atoms with Crippen molar-refractivity contribution >= 4 is 23.5 Å². The first-order valence-electron chi connectivity index (χ1n) is 9.55. The van der Waals surface area contributed by atoms with Gasteiger partial charge in [-0.2, -0.15) is 0 Å². The fraction of sp³-hybridized carbons (Fsp3) is 0.364. The molecule has 0 aliphatic carbocycles. The van der Waals surface area contributed by atoms with Crippen LogP contribution in [0.15, 0.2) is 48.5 Å². The molecule has 2 aromatic carbocycles. The van der Waals surface area contributed by atoms with Crippen LogP contribution in [0.1, 0.15) is 41.6 Å². The second kappa shape index (κ2) is 10.1. The van der Waals surface area contributed by atoms with Crippen molar-refractivity contribution in [2.24, 2.45) is 0 Å². The lowest BCUT2D eigenvalue weighted by molar-refractivity contribution is -0.134. The molecule has 5 nitrogen and oxygen atoms in total. The summed E-state index contributed by atoms with van der Waals surface area (Å²) < 4.78 is 11.0. The van der Waals surface area contributed by atoms with Gasteiger partial charge in [-0.3, -0.25) is 4.79 Å². The highest BCUT2D eigenvalue weighted by atomic mass is 35.5. The highest BCUT2D eigenvalue weighted by Gasteiger charge is 2.19. The monoisotopic (exact) mass is 401 g/mol. The Morgan fingerprint density at radius 1 is 0.929 bits per heavy atom. The van der Waals surface area contributed by atoms with Crippen LogP contribution in [0.3, 0.4) is 0 Å². The highest BCUT2D eigenvalue weighted by molar-refractivity contribution is 6.31. The number of amides is 1. The minimum absolute atomic E-state index is 0.148. The number of likely N-dealkylation sites (tertiary alicyclic amines) is 1. The summed E-state index contributed by atoms with van der Waals surface area (Å²) in [4.78, 5) is 26.6. The molecule has 0 radical (unpaired) electrons. The Balaban J connectivity index is 1.59. The Kier molecular flexibility index (Phi) is 7.31. The Morgan fingerprint density at radius 3 is 2.36 bits per heavy atom. The van der Waals surface area contributed by atoms with E-state index in [1.54, 1.807) is 35.2 Å². The largest absolute Gasteiger partial charge is 0.488 e. The van der Waals surface area contributed by atoms with Gasteiger partial charge in [0, 0.05) is 23.7 Å². The van der Waals surface area contributed by atoms with Crippen molar-refractivity contribution in [2.75, 3.05) is 19.7 Å². The first-order chi connectivity index (χ1) is 13.6. The number of halogens is 1. The van der Waals surface area contributed by atoms with Crippen molar-refractivity contribution in [3.05, 3.63) is 64.7 Å². The van der Waals surface area contributed by atoms with Crippen LogP contribution in [0.5, 0.6) is 5.75 Å². The van der Waals surface area contributed by atoms with Gasteiger partial charge in [0.2, 0.25) is 0 Å². The first-order valence-corrected chi connectivity index (χ1v) is 9.93. The maximum atomic E-state index is 12.5. The molecule has 2 aromatic rings. The first kappa shape index (κ1) is 20.2. The molecule has 0 saturated carbocycles. The zero-order valence-corrected chi connectivity index (χ0v) is 16.5. The zero-order chi connectivity index (χ0) is 19.8. The van der Waals surface area contributed by atoms with E-state index < -0.39 is 5.97 Å². The Labute approximate surface area is 170 Å². The van der Waals surface area contributed by atoms with E-state index in [1.165, 1.54) is 0 Å². The molecule has 6 heteroatoms. The molecule has 148 valence electrons. The number of hydrogen-bond acceptors (Lipinski definition) is 4. The van der Waals surface area contributed by atoms with Crippen molar-refractivity contribution in [3.8, 4) is 5.75 Å². The Bertz CT molecular complexity index is 816. The molecule has 0 N–H and O–H groups in total. The van der Waals surface area contributed by atoms with Crippen molar-refractivity contribution in [1.29, 1.82) is 0 Å². The van der Waals surface area contributed by atoms with Crippen LogP contribution in [0.2, 0.25) is 5.02 Å². The number of ether oxygens (including phenoxy) is 2. The van der Waals surface area contributed by atoms with Gasteiger partial charge >= 0.3 is 5.97 Å². The maximum Gasteiger partial charge on any atom is 0.342 e. The van der Waals surface area contributed by atoms with Crippen LogP contribution in [0.25, 0.3) is 0 Å². The van der Waals surface area contributed by atoms with Gasteiger partial charge in [-0.25, -0.2) is 4.79 Å². The van der Waals surface area contributed by atoms with E-state index in [9.17, 15) is 9.59 Å². The molecule has 1 saturated heterocycles.